The molecule has 47 heavy (non-hydrogen) atoms. The first kappa shape index (κ1) is 33.0. The Balaban J connectivity index is 1.24. The third-order valence-corrected chi connectivity index (χ3v) is 11.5. The Morgan fingerprint density at radius 1 is 1.00 bits per heavy atom. The number of phenols is 1. The number of fused-ring (bicyclic) bond motifs is 5. The van der Waals surface area contributed by atoms with Crippen molar-refractivity contribution in [3.8, 4) is 17.2 Å². The summed E-state index contributed by atoms with van der Waals surface area (Å²) in [4.78, 5) is 13.5. The summed E-state index contributed by atoms with van der Waals surface area (Å²) >= 11 is 0. The van der Waals surface area contributed by atoms with E-state index < -0.39 is 0 Å². The zero-order valence-electron chi connectivity index (χ0n) is 28.3. The van der Waals surface area contributed by atoms with E-state index in [9.17, 15) is 15.0 Å². The summed E-state index contributed by atoms with van der Waals surface area (Å²) < 4.78 is 10.8. The van der Waals surface area contributed by atoms with Crippen LogP contribution in [0.5, 0.6) is 17.2 Å². The number of carbonyl (C=O) groups excluding carboxylic acids is 1. The summed E-state index contributed by atoms with van der Waals surface area (Å²) in [5.74, 6) is 2.76. The maximum absolute atomic E-state index is 13.5. The van der Waals surface area contributed by atoms with Gasteiger partial charge < -0.3 is 25.0 Å². The standard InChI is InChI=1S/C39H49N3O5/c1-6-29(24-7-11-27(46-4)12-8-24)38(25-9-13-28(47-5)14-10-25)40-22-36(45)42-41-34-21-31-30(37-23(2)19-26(43)20-32(34)37)17-18-39(3)33(31)15-16-35(39)44/h7-14,19-20,29-31,33,35,38,40,43-44H,6,15-18,21-22H2,1-5H3,(H,42,45)/b41-34+. The van der Waals surface area contributed by atoms with Crippen LogP contribution in [0.4, 0.5) is 0 Å². The highest BCUT2D eigenvalue weighted by molar-refractivity contribution is 6.04. The fourth-order valence-electron chi connectivity index (χ4n) is 9.04. The lowest BCUT2D eigenvalue weighted by molar-refractivity contribution is -0.120. The van der Waals surface area contributed by atoms with Crippen LogP contribution < -0.4 is 20.2 Å². The van der Waals surface area contributed by atoms with Gasteiger partial charge in [0.2, 0.25) is 0 Å². The first-order chi connectivity index (χ1) is 22.7. The van der Waals surface area contributed by atoms with Crippen LogP contribution in [0.15, 0.2) is 65.8 Å². The van der Waals surface area contributed by atoms with Crippen LogP contribution in [0, 0.1) is 24.2 Å². The molecule has 2 saturated carbocycles. The minimum atomic E-state index is -0.273. The normalized spacial score (nSPS) is 26.9. The van der Waals surface area contributed by atoms with Crippen LogP contribution in [0.1, 0.15) is 98.1 Å². The molecular formula is C39H49N3O5. The summed E-state index contributed by atoms with van der Waals surface area (Å²) in [6, 6.07) is 19.6. The van der Waals surface area contributed by atoms with Gasteiger partial charge in [-0.3, -0.25) is 4.79 Å². The van der Waals surface area contributed by atoms with Gasteiger partial charge >= 0.3 is 0 Å². The van der Waals surface area contributed by atoms with Crippen molar-refractivity contribution in [2.24, 2.45) is 22.4 Å². The van der Waals surface area contributed by atoms with E-state index in [4.69, 9.17) is 14.6 Å². The molecule has 3 aliphatic rings. The molecule has 0 radical (unpaired) electrons. The minimum absolute atomic E-state index is 0.0744. The first-order valence-corrected chi connectivity index (χ1v) is 17.0. The molecule has 7 unspecified atom stereocenters. The van der Waals surface area contributed by atoms with Crippen LogP contribution >= 0.6 is 0 Å². The lowest BCUT2D eigenvalue weighted by atomic mass is 9.54. The smallest absolute Gasteiger partial charge is 0.254 e. The number of aryl methyl sites for hydroxylation is 1. The molecule has 1 amide bonds. The van der Waals surface area contributed by atoms with Gasteiger partial charge in [0.05, 0.1) is 32.6 Å². The third kappa shape index (κ3) is 6.38. The topological polar surface area (TPSA) is 112 Å². The van der Waals surface area contributed by atoms with Gasteiger partial charge in [-0.1, -0.05) is 38.1 Å². The second-order valence-corrected chi connectivity index (χ2v) is 14.0. The first-order valence-electron chi connectivity index (χ1n) is 17.0. The molecule has 8 nitrogen and oxygen atoms in total. The van der Waals surface area contributed by atoms with E-state index in [1.165, 1.54) is 5.56 Å². The number of rotatable bonds is 10. The number of nitrogens with zero attached hydrogens (tertiary/aromatic N) is 1. The van der Waals surface area contributed by atoms with E-state index in [2.05, 4.69) is 43.6 Å². The number of amides is 1. The van der Waals surface area contributed by atoms with Crippen molar-refractivity contribution in [1.82, 2.24) is 10.7 Å². The molecule has 8 heteroatoms. The third-order valence-electron chi connectivity index (χ3n) is 11.5. The van der Waals surface area contributed by atoms with Crippen LogP contribution in [0.3, 0.4) is 0 Å². The fraction of sp³-hybridized carbons (Fsp3) is 0.487. The zero-order valence-corrected chi connectivity index (χ0v) is 28.3. The predicted molar refractivity (Wildman–Crippen MR) is 184 cm³/mol. The summed E-state index contributed by atoms with van der Waals surface area (Å²) in [5.41, 5.74) is 9.02. The van der Waals surface area contributed by atoms with Crippen molar-refractivity contribution in [1.29, 1.82) is 0 Å². The van der Waals surface area contributed by atoms with E-state index in [1.54, 1.807) is 20.3 Å². The largest absolute Gasteiger partial charge is 0.508 e. The maximum atomic E-state index is 13.5. The van der Waals surface area contributed by atoms with Gasteiger partial charge in [-0.25, -0.2) is 5.43 Å². The van der Waals surface area contributed by atoms with Crippen molar-refractivity contribution >= 4 is 11.6 Å². The van der Waals surface area contributed by atoms with Crippen LogP contribution in [0.2, 0.25) is 0 Å². The van der Waals surface area contributed by atoms with Crippen molar-refractivity contribution < 1.29 is 24.5 Å². The average molecular weight is 640 g/mol. The molecule has 4 N–H and O–H groups in total. The van der Waals surface area contributed by atoms with E-state index in [1.807, 2.05) is 42.5 Å². The van der Waals surface area contributed by atoms with Gasteiger partial charge in [-0.05, 0) is 127 Å². The molecule has 0 heterocycles. The highest BCUT2D eigenvalue weighted by atomic mass is 16.5. The Bertz CT molecular complexity index is 1600. The molecule has 6 rings (SSSR count). The fourth-order valence-corrected chi connectivity index (χ4v) is 9.04. The second kappa shape index (κ2) is 13.7. The number of benzene rings is 3. The maximum Gasteiger partial charge on any atom is 0.254 e. The molecule has 0 aromatic heterocycles. The number of nitrogens with one attached hydrogen (secondary N) is 2. The van der Waals surface area contributed by atoms with Gasteiger partial charge in [-0.2, -0.15) is 5.10 Å². The molecule has 0 spiro atoms. The number of aromatic hydroxyl groups is 1. The Morgan fingerprint density at radius 2 is 1.66 bits per heavy atom. The molecule has 3 aromatic rings. The molecule has 250 valence electrons. The zero-order chi connectivity index (χ0) is 33.3. The lowest BCUT2D eigenvalue weighted by Gasteiger charge is -2.50. The Labute approximate surface area is 278 Å². The monoisotopic (exact) mass is 639 g/mol. The van der Waals surface area contributed by atoms with E-state index in [-0.39, 0.29) is 41.7 Å². The summed E-state index contributed by atoms with van der Waals surface area (Å²) in [6.45, 7) is 6.54. The Morgan fingerprint density at radius 3 is 2.30 bits per heavy atom. The van der Waals surface area contributed by atoms with Gasteiger partial charge in [0, 0.05) is 17.5 Å². The van der Waals surface area contributed by atoms with Gasteiger partial charge in [0.1, 0.15) is 17.2 Å². The van der Waals surface area contributed by atoms with E-state index >= 15 is 0 Å². The number of aliphatic hydroxyl groups is 1. The van der Waals surface area contributed by atoms with E-state index in [0.29, 0.717) is 24.2 Å². The number of aliphatic hydroxyl groups excluding tert-OH is 1. The average Bonchev–Trinajstić information content (AvgIpc) is 3.39. The van der Waals surface area contributed by atoms with Crippen molar-refractivity contribution in [2.45, 2.75) is 83.3 Å². The number of phenolic OH excluding ortho intramolecular Hbond substituents is 1. The van der Waals surface area contributed by atoms with Gasteiger partial charge in [-0.15, -0.1) is 0 Å². The molecule has 7 atom stereocenters. The number of methoxy groups -OCH3 is 2. The van der Waals surface area contributed by atoms with E-state index in [0.717, 1.165) is 71.6 Å². The minimum Gasteiger partial charge on any atom is -0.508 e. The summed E-state index contributed by atoms with van der Waals surface area (Å²) in [7, 11) is 3.32. The van der Waals surface area contributed by atoms with Crippen molar-refractivity contribution in [3.05, 3.63) is 88.5 Å². The number of hydrogen-bond acceptors (Lipinski definition) is 7. The molecular weight excluding hydrogens is 590 g/mol. The summed E-state index contributed by atoms with van der Waals surface area (Å²) in [5, 5.41) is 29.8. The number of hydrazone groups is 1. The molecule has 3 aromatic carbocycles. The quantitative estimate of drug-likeness (QED) is 0.183. The van der Waals surface area contributed by atoms with Gasteiger partial charge in [0.15, 0.2) is 0 Å². The second-order valence-electron chi connectivity index (χ2n) is 14.0. The van der Waals surface area contributed by atoms with Crippen LogP contribution in [-0.2, 0) is 4.79 Å². The predicted octanol–water partition coefficient (Wildman–Crippen LogP) is 6.74. The lowest BCUT2D eigenvalue weighted by Crippen LogP contribution is -2.45. The SMILES string of the molecule is CCC(c1ccc(OC)cc1)C(NCC(=O)N/N=C1\CC2C(CCC3(C)C(O)CCC23)c2c(C)cc(O)cc21)c1ccc(OC)cc1. The molecule has 3 aliphatic carbocycles. The number of hydrogen-bond donors (Lipinski definition) is 4. The van der Waals surface area contributed by atoms with Crippen molar-refractivity contribution in [3.63, 3.8) is 0 Å². The van der Waals surface area contributed by atoms with Crippen molar-refractivity contribution in [2.75, 3.05) is 20.8 Å². The van der Waals surface area contributed by atoms with Gasteiger partial charge in [0.25, 0.3) is 5.91 Å². The molecule has 0 bridgehead atoms. The number of ether oxygens (including phenoxy) is 2. The highest BCUT2D eigenvalue weighted by Crippen LogP contribution is 2.61. The van der Waals surface area contributed by atoms with Crippen LogP contribution in [-0.4, -0.2) is 48.7 Å². The summed E-state index contributed by atoms with van der Waals surface area (Å²) in [6.07, 6.45) is 5.16. The highest BCUT2D eigenvalue weighted by Gasteiger charge is 2.55. The van der Waals surface area contributed by atoms with Crippen LogP contribution in [0.25, 0.3) is 0 Å². The molecule has 0 saturated heterocycles. The Hall–Kier alpha value is -3.88. The Kier molecular flexibility index (Phi) is 9.62. The molecule has 2 fully saturated rings. The molecule has 0 aliphatic heterocycles. The number of carbonyl (C=O) groups is 1.